The first-order valence-electron chi connectivity index (χ1n) is 4.70. The van der Waals surface area contributed by atoms with Crippen LogP contribution in [0.1, 0.15) is 22.8 Å². The number of carboxylic acid groups (broad SMARTS) is 1. The summed E-state index contributed by atoms with van der Waals surface area (Å²) in [6.07, 6.45) is -0.137. The molecular weight excluding hydrogens is 234 g/mol. The highest BCUT2D eigenvalue weighted by Gasteiger charge is 2.14. The van der Waals surface area contributed by atoms with Crippen molar-refractivity contribution in [3.8, 4) is 5.75 Å². The summed E-state index contributed by atoms with van der Waals surface area (Å²) >= 11 is 0. The zero-order chi connectivity index (χ0) is 13.0. The zero-order valence-corrected chi connectivity index (χ0v) is 8.94. The lowest BCUT2D eigenvalue weighted by atomic mass is 10.0. The number of carboxylic acids is 1. The highest BCUT2D eigenvalue weighted by Crippen LogP contribution is 2.20. The van der Waals surface area contributed by atoms with Crippen molar-refractivity contribution in [2.75, 3.05) is 0 Å². The van der Waals surface area contributed by atoms with Gasteiger partial charge in [-0.2, -0.15) is 8.78 Å². The van der Waals surface area contributed by atoms with E-state index in [4.69, 9.17) is 5.11 Å². The van der Waals surface area contributed by atoms with Crippen molar-refractivity contribution in [2.24, 2.45) is 0 Å². The fourth-order valence-electron chi connectivity index (χ4n) is 1.37. The molecular formula is C11H10F2O4. The van der Waals surface area contributed by atoms with Crippen LogP contribution >= 0.6 is 0 Å². The van der Waals surface area contributed by atoms with Crippen molar-refractivity contribution in [1.29, 1.82) is 0 Å². The van der Waals surface area contributed by atoms with Gasteiger partial charge in [-0.05, 0) is 30.7 Å². The number of halogens is 2. The van der Waals surface area contributed by atoms with Crippen LogP contribution in [0.3, 0.4) is 0 Å². The smallest absolute Gasteiger partial charge is 0.387 e. The van der Waals surface area contributed by atoms with Gasteiger partial charge in [0.15, 0.2) is 0 Å². The molecule has 4 nitrogen and oxygen atoms in total. The standard InChI is InChI=1S/C11H10F2O4/c1-6(14)4-7-5-8(17-11(12)13)2-3-9(7)10(15)16/h2-3,5,11H,4H2,1H3,(H,15,16). The third-order valence-electron chi connectivity index (χ3n) is 1.97. The van der Waals surface area contributed by atoms with E-state index in [0.717, 1.165) is 18.2 Å². The average molecular weight is 244 g/mol. The number of ether oxygens (including phenoxy) is 1. The summed E-state index contributed by atoms with van der Waals surface area (Å²) < 4.78 is 28.1. The predicted octanol–water partition coefficient (Wildman–Crippen LogP) is 2.12. The summed E-state index contributed by atoms with van der Waals surface area (Å²) in [5, 5.41) is 8.85. The number of aromatic carboxylic acids is 1. The van der Waals surface area contributed by atoms with Crippen molar-refractivity contribution >= 4 is 11.8 Å². The number of rotatable bonds is 5. The maximum atomic E-state index is 12.0. The number of carbonyl (C=O) groups is 2. The van der Waals surface area contributed by atoms with Crippen molar-refractivity contribution in [1.82, 2.24) is 0 Å². The van der Waals surface area contributed by atoms with Crippen LogP contribution in [0.25, 0.3) is 0 Å². The Morgan fingerprint density at radius 1 is 1.41 bits per heavy atom. The van der Waals surface area contributed by atoms with E-state index in [1.807, 2.05) is 0 Å². The van der Waals surface area contributed by atoms with Crippen LogP contribution in [0.5, 0.6) is 5.75 Å². The van der Waals surface area contributed by atoms with E-state index < -0.39 is 12.6 Å². The van der Waals surface area contributed by atoms with Gasteiger partial charge in [-0.1, -0.05) is 0 Å². The van der Waals surface area contributed by atoms with E-state index in [9.17, 15) is 18.4 Å². The van der Waals surface area contributed by atoms with Crippen LogP contribution in [0.4, 0.5) is 8.78 Å². The maximum Gasteiger partial charge on any atom is 0.387 e. The van der Waals surface area contributed by atoms with E-state index in [1.165, 1.54) is 6.92 Å². The molecule has 0 atom stereocenters. The molecule has 0 fully saturated rings. The number of carbonyl (C=O) groups excluding carboxylic acids is 1. The summed E-state index contributed by atoms with van der Waals surface area (Å²) in [5.74, 6) is -1.65. The molecule has 6 heteroatoms. The van der Waals surface area contributed by atoms with Gasteiger partial charge in [0.1, 0.15) is 11.5 Å². The second-order valence-corrected chi connectivity index (χ2v) is 3.38. The van der Waals surface area contributed by atoms with Crippen LogP contribution < -0.4 is 4.74 Å². The van der Waals surface area contributed by atoms with Crippen LogP contribution in [0.15, 0.2) is 18.2 Å². The van der Waals surface area contributed by atoms with E-state index in [2.05, 4.69) is 4.74 Å². The van der Waals surface area contributed by atoms with E-state index in [0.29, 0.717) is 0 Å². The lowest BCUT2D eigenvalue weighted by Crippen LogP contribution is -2.08. The first kappa shape index (κ1) is 13.1. The van der Waals surface area contributed by atoms with Crippen LogP contribution in [0.2, 0.25) is 0 Å². The number of ketones is 1. The molecule has 0 aliphatic heterocycles. The van der Waals surface area contributed by atoms with Gasteiger partial charge in [-0.3, -0.25) is 4.79 Å². The Morgan fingerprint density at radius 3 is 2.53 bits per heavy atom. The second-order valence-electron chi connectivity index (χ2n) is 3.38. The Hall–Kier alpha value is -1.98. The zero-order valence-electron chi connectivity index (χ0n) is 8.94. The second kappa shape index (κ2) is 5.38. The molecule has 0 spiro atoms. The molecule has 1 rings (SSSR count). The number of hydrogen-bond acceptors (Lipinski definition) is 3. The first-order valence-corrected chi connectivity index (χ1v) is 4.70. The van der Waals surface area contributed by atoms with Gasteiger partial charge in [0.2, 0.25) is 0 Å². The number of alkyl halides is 2. The summed E-state index contributed by atoms with van der Waals surface area (Å²) in [4.78, 5) is 21.8. The van der Waals surface area contributed by atoms with Gasteiger partial charge in [0.05, 0.1) is 5.56 Å². The largest absolute Gasteiger partial charge is 0.478 e. The van der Waals surface area contributed by atoms with Crippen molar-refractivity contribution in [3.05, 3.63) is 29.3 Å². The minimum atomic E-state index is -2.99. The lowest BCUT2D eigenvalue weighted by Gasteiger charge is -2.08. The summed E-state index contributed by atoms with van der Waals surface area (Å²) in [6, 6.07) is 3.40. The lowest BCUT2D eigenvalue weighted by molar-refractivity contribution is -0.116. The van der Waals surface area contributed by atoms with E-state index in [1.54, 1.807) is 0 Å². The van der Waals surface area contributed by atoms with Crippen molar-refractivity contribution in [3.63, 3.8) is 0 Å². The minimum absolute atomic E-state index is 0.0955. The molecule has 1 aromatic carbocycles. The maximum absolute atomic E-state index is 12.0. The fraction of sp³-hybridized carbons (Fsp3) is 0.273. The number of hydrogen-bond donors (Lipinski definition) is 1. The number of Topliss-reactive ketones (excluding diaryl/α,β-unsaturated/α-hetero) is 1. The Kier molecular flexibility index (Phi) is 4.14. The molecule has 0 aliphatic carbocycles. The molecule has 0 saturated heterocycles. The van der Waals surface area contributed by atoms with Gasteiger partial charge < -0.3 is 9.84 Å². The van der Waals surface area contributed by atoms with Crippen molar-refractivity contribution in [2.45, 2.75) is 20.0 Å². The van der Waals surface area contributed by atoms with Gasteiger partial charge in [0, 0.05) is 6.42 Å². The molecule has 0 bridgehead atoms. The highest BCUT2D eigenvalue weighted by atomic mass is 19.3. The summed E-state index contributed by atoms with van der Waals surface area (Å²) in [7, 11) is 0. The highest BCUT2D eigenvalue weighted by molar-refractivity contribution is 5.92. The molecule has 0 aromatic heterocycles. The summed E-state index contributed by atoms with van der Waals surface area (Å²) in [5.41, 5.74) is 0.0602. The molecule has 0 amide bonds. The Balaban J connectivity index is 3.09. The molecule has 0 aliphatic rings. The third-order valence-corrected chi connectivity index (χ3v) is 1.97. The molecule has 1 N–H and O–H groups in total. The molecule has 0 radical (unpaired) electrons. The van der Waals surface area contributed by atoms with Crippen molar-refractivity contribution < 1.29 is 28.2 Å². The normalized spacial score (nSPS) is 10.4. The minimum Gasteiger partial charge on any atom is -0.478 e. The Bertz CT molecular complexity index is 443. The van der Waals surface area contributed by atoms with Crippen LogP contribution in [-0.2, 0) is 11.2 Å². The average Bonchev–Trinajstić information content (AvgIpc) is 2.15. The Labute approximate surface area is 95.8 Å². The van der Waals surface area contributed by atoms with E-state index in [-0.39, 0.29) is 29.1 Å². The van der Waals surface area contributed by atoms with E-state index >= 15 is 0 Å². The summed E-state index contributed by atoms with van der Waals surface area (Å²) in [6.45, 7) is -1.71. The fourth-order valence-corrected chi connectivity index (χ4v) is 1.37. The molecule has 0 saturated carbocycles. The molecule has 0 heterocycles. The van der Waals surface area contributed by atoms with Crippen LogP contribution in [0, 0.1) is 0 Å². The van der Waals surface area contributed by atoms with Gasteiger partial charge in [-0.15, -0.1) is 0 Å². The first-order chi connectivity index (χ1) is 7.90. The molecule has 0 unspecified atom stereocenters. The Morgan fingerprint density at radius 2 is 2.06 bits per heavy atom. The quantitative estimate of drug-likeness (QED) is 0.861. The molecule has 17 heavy (non-hydrogen) atoms. The van der Waals surface area contributed by atoms with Crippen LogP contribution in [-0.4, -0.2) is 23.5 Å². The third kappa shape index (κ3) is 3.82. The topological polar surface area (TPSA) is 63.6 Å². The van der Waals surface area contributed by atoms with Gasteiger partial charge >= 0.3 is 12.6 Å². The van der Waals surface area contributed by atoms with Gasteiger partial charge in [-0.25, -0.2) is 4.79 Å². The van der Waals surface area contributed by atoms with Gasteiger partial charge in [0.25, 0.3) is 0 Å². The predicted molar refractivity (Wildman–Crippen MR) is 54.4 cm³/mol. The SMILES string of the molecule is CC(=O)Cc1cc(OC(F)F)ccc1C(=O)O. The monoisotopic (exact) mass is 244 g/mol. The molecule has 92 valence electrons. The number of benzene rings is 1. The molecule has 1 aromatic rings.